The molecule has 0 radical (unpaired) electrons. The third kappa shape index (κ3) is 4.47. The largest absolute Gasteiger partial charge is 0.463 e. The number of rotatable bonds is 5. The number of esters is 1. The van der Waals surface area contributed by atoms with E-state index in [0.29, 0.717) is 22.5 Å². The number of hydrogen-bond donors (Lipinski definition) is 1. The molecule has 3 rings (SSSR count). The third-order valence-corrected chi connectivity index (χ3v) is 4.20. The van der Waals surface area contributed by atoms with Gasteiger partial charge in [-0.25, -0.2) is 14.5 Å². The van der Waals surface area contributed by atoms with Crippen molar-refractivity contribution in [2.75, 3.05) is 0 Å². The number of aromatic nitrogens is 3. The highest BCUT2D eigenvalue weighted by Gasteiger charge is 2.26. The lowest BCUT2D eigenvalue weighted by molar-refractivity contribution is -0.130. The van der Waals surface area contributed by atoms with Gasteiger partial charge in [-0.15, -0.1) is 0 Å². The zero-order chi connectivity index (χ0) is 21.3. The van der Waals surface area contributed by atoms with Gasteiger partial charge in [0.25, 0.3) is 5.91 Å². The summed E-state index contributed by atoms with van der Waals surface area (Å²) in [6.45, 7) is 11.1. The van der Waals surface area contributed by atoms with Gasteiger partial charge in [0.15, 0.2) is 17.5 Å². The van der Waals surface area contributed by atoms with Crippen molar-refractivity contribution in [2.45, 2.75) is 59.2 Å². The molecule has 0 saturated carbocycles. The molecule has 0 spiro atoms. The maximum absolute atomic E-state index is 12.9. The summed E-state index contributed by atoms with van der Waals surface area (Å²) in [5.41, 5.74) is 0.895. The fourth-order valence-electron chi connectivity index (χ4n) is 2.86. The van der Waals surface area contributed by atoms with Gasteiger partial charge in [0.05, 0.1) is 23.4 Å². The number of nitrogens with one attached hydrogen (secondary N) is 1. The van der Waals surface area contributed by atoms with Crippen LogP contribution in [0.5, 0.6) is 0 Å². The summed E-state index contributed by atoms with van der Waals surface area (Å²) in [4.78, 5) is 29.9. The van der Waals surface area contributed by atoms with Crippen molar-refractivity contribution >= 4 is 22.9 Å². The SMILES string of the molecule is CC(C)n1ncc2c(C(=O)O[C@@H](C)C(=O)NC(C)(C)C)cc(-c3ccco3)nc21. The van der Waals surface area contributed by atoms with Gasteiger partial charge >= 0.3 is 5.97 Å². The van der Waals surface area contributed by atoms with Gasteiger partial charge in [0.1, 0.15) is 5.69 Å². The molecule has 8 heteroatoms. The molecule has 3 heterocycles. The summed E-state index contributed by atoms with van der Waals surface area (Å²) < 4.78 is 12.6. The number of pyridine rings is 1. The van der Waals surface area contributed by atoms with Crippen molar-refractivity contribution in [3.63, 3.8) is 0 Å². The van der Waals surface area contributed by atoms with Crippen molar-refractivity contribution < 1.29 is 18.7 Å². The second-order valence-electron chi connectivity index (χ2n) is 8.24. The van der Waals surface area contributed by atoms with Gasteiger partial charge in [-0.05, 0) is 59.7 Å². The average Bonchev–Trinajstić information content (AvgIpc) is 3.28. The molecule has 0 saturated heterocycles. The number of amides is 1. The molecule has 1 N–H and O–H groups in total. The van der Waals surface area contributed by atoms with Crippen molar-refractivity contribution in [3.8, 4) is 11.5 Å². The quantitative estimate of drug-likeness (QED) is 0.658. The van der Waals surface area contributed by atoms with Crippen LogP contribution >= 0.6 is 0 Å². The first-order chi connectivity index (χ1) is 13.6. The van der Waals surface area contributed by atoms with Gasteiger partial charge in [-0.1, -0.05) is 0 Å². The highest BCUT2D eigenvalue weighted by molar-refractivity contribution is 6.04. The second-order valence-corrected chi connectivity index (χ2v) is 8.24. The first-order valence-corrected chi connectivity index (χ1v) is 9.52. The monoisotopic (exact) mass is 398 g/mol. The fraction of sp³-hybridized carbons (Fsp3) is 0.429. The van der Waals surface area contributed by atoms with E-state index in [0.717, 1.165) is 0 Å². The summed E-state index contributed by atoms with van der Waals surface area (Å²) in [5.74, 6) is -0.457. The summed E-state index contributed by atoms with van der Waals surface area (Å²) >= 11 is 0. The van der Waals surface area contributed by atoms with E-state index in [-0.39, 0.29) is 17.5 Å². The predicted octanol–water partition coefficient (Wildman–Crippen LogP) is 3.73. The number of ether oxygens (including phenoxy) is 1. The Labute approximate surface area is 169 Å². The van der Waals surface area contributed by atoms with Crippen LogP contribution in [0.4, 0.5) is 0 Å². The Morgan fingerprint density at radius 1 is 1.24 bits per heavy atom. The standard InChI is InChI=1S/C21H26N4O4/c1-12(2)25-18-15(11-22-25)14(10-16(23-18)17-8-7-9-28-17)20(27)29-13(3)19(26)24-21(4,5)6/h7-13H,1-6H3,(H,24,26)/t13-/m0/s1. The van der Waals surface area contributed by atoms with E-state index in [1.807, 2.05) is 34.6 Å². The molecule has 0 aliphatic carbocycles. The third-order valence-electron chi connectivity index (χ3n) is 4.20. The van der Waals surface area contributed by atoms with E-state index in [4.69, 9.17) is 9.15 Å². The molecule has 0 aliphatic heterocycles. The van der Waals surface area contributed by atoms with Gasteiger partial charge in [0, 0.05) is 11.6 Å². The lowest BCUT2D eigenvalue weighted by Gasteiger charge is -2.23. The topological polar surface area (TPSA) is 99.2 Å². The molecule has 0 fully saturated rings. The molecule has 1 amide bonds. The fourth-order valence-corrected chi connectivity index (χ4v) is 2.86. The zero-order valence-corrected chi connectivity index (χ0v) is 17.5. The first kappa shape index (κ1) is 20.6. The van der Waals surface area contributed by atoms with Crippen LogP contribution in [0.25, 0.3) is 22.5 Å². The molecule has 0 unspecified atom stereocenters. The first-order valence-electron chi connectivity index (χ1n) is 9.52. The Hall–Kier alpha value is -3.16. The van der Waals surface area contributed by atoms with Gasteiger partial charge in [0.2, 0.25) is 0 Å². The highest BCUT2D eigenvalue weighted by Crippen LogP contribution is 2.27. The predicted molar refractivity (Wildman–Crippen MR) is 108 cm³/mol. The van der Waals surface area contributed by atoms with Crippen molar-refractivity contribution in [3.05, 3.63) is 36.2 Å². The van der Waals surface area contributed by atoms with Crippen LogP contribution in [0.1, 0.15) is 57.9 Å². The second kappa shape index (κ2) is 7.69. The summed E-state index contributed by atoms with van der Waals surface area (Å²) in [7, 11) is 0. The molecule has 1 atom stereocenters. The molecule has 0 bridgehead atoms. The minimum atomic E-state index is -0.947. The molecule has 3 aromatic rings. The highest BCUT2D eigenvalue weighted by atomic mass is 16.5. The minimum Gasteiger partial charge on any atom is -0.463 e. The van der Waals surface area contributed by atoms with Crippen LogP contribution in [0, 0.1) is 0 Å². The van der Waals surface area contributed by atoms with Crippen molar-refractivity contribution in [1.82, 2.24) is 20.1 Å². The van der Waals surface area contributed by atoms with Crippen LogP contribution in [-0.2, 0) is 9.53 Å². The smallest absolute Gasteiger partial charge is 0.339 e. The van der Waals surface area contributed by atoms with E-state index in [2.05, 4.69) is 15.4 Å². The summed E-state index contributed by atoms with van der Waals surface area (Å²) in [6, 6.07) is 5.16. The maximum atomic E-state index is 12.9. The molecule has 0 aromatic carbocycles. The molecule has 154 valence electrons. The lowest BCUT2D eigenvalue weighted by Crippen LogP contribution is -2.46. The van der Waals surface area contributed by atoms with Crippen LogP contribution in [0.3, 0.4) is 0 Å². The zero-order valence-electron chi connectivity index (χ0n) is 17.5. The molecular formula is C21H26N4O4. The van der Waals surface area contributed by atoms with Gasteiger partial charge in [-0.2, -0.15) is 5.10 Å². The molecule has 8 nitrogen and oxygen atoms in total. The number of fused-ring (bicyclic) bond motifs is 1. The van der Waals surface area contributed by atoms with E-state index >= 15 is 0 Å². The Kier molecular flexibility index (Phi) is 5.46. The van der Waals surface area contributed by atoms with Crippen LogP contribution in [0.15, 0.2) is 35.1 Å². The normalized spacial score (nSPS) is 12.9. The minimum absolute atomic E-state index is 0.0483. The number of hydrogen-bond acceptors (Lipinski definition) is 6. The van der Waals surface area contributed by atoms with Gasteiger partial charge < -0.3 is 14.5 Å². The van der Waals surface area contributed by atoms with Crippen LogP contribution in [-0.4, -0.2) is 38.3 Å². The Bertz CT molecular complexity index is 1030. The number of carbonyl (C=O) groups is 2. The van der Waals surface area contributed by atoms with E-state index in [1.54, 1.807) is 36.0 Å². The van der Waals surface area contributed by atoms with Gasteiger partial charge in [-0.3, -0.25) is 4.79 Å². The molecular weight excluding hydrogens is 372 g/mol. The molecule has 0 aliphatic rings. The van der Waals surface area contributed by atoms with E-state index < -0.39 is 17.6 Å². The Balaban J connectivity index is 1.99. The Morgan fingerprint density at radius 2 is 1.97 bits per heavy atom. The number of furan rings is 1. The van der Waals surface area contributed by atoms with Crippen molar-refractivity contribution in [1.29, 1.82) is 0 Å². The number of carbonyl (C=O) groups excluding carboxylic acids is 2. The number of nitrogens with zero attached hydrogens (tertiary/aromatic N) is 3. The van der Waals surface area contributed by atoms with Crippen LogP contribution < -0.4 is 5.32 Å². The Morgan fingerprint density at radius 3 is 2.55 bits per heavy atom. The van der Waals surface area contributed by atoms with E-state index in [1.165, 1.54) is 6.26 Å². The van der Waals surface area contributed by atoms with E-state index in [9.17, 15) is 9.59 Å². The maximum Gasteiger partial charge on any atom is 0.339 e. The lowest BCUT2D eigenvalue weighted by atomic mass is 10.1. The molecule has 3 aromatic heterocycles. The summed E-state index contributed by atoms with van der Waals surface area (Å²) in [6.07, 6.45) is 2.18. The average molecular weight is 398 g/mol. The van der Waals surface area contributed by atoms with Crippen LogP contribution in [0.2, 0.25) is 0 Å². The molecule has 29 heavy (non-hydrogen) atoms. The summed E-state index contributed by atoms with van der Waals surface area (Å²) in [5, 5.41) is 7.72. The van der Waals surface area contributed by atoms with Crippen molar-refractivity contribution in [2.24, 2.45) is 0 Å².